The quantitative estimate of drug-likeness (QED) is 0.760. The number of pyridine rings is 1. The second kappa shape index (κ2) is 7.08. The monoisotopic (exact) mass is 385 g/mol. The molecule has 1 aliphatic rings. The van der Waals surface area contributed by atoms with Gasteiger partial charge in [-0.3, -0.25) is 4.79 Å². The summed E-state index contributed by atoms with van der Waals surface area (Å²) in [5.41, 5.74) is 6.09. The van der Waals surface area contributed by atoms with Gasteiger partial charge in [0.05, 0.1) is 38.5 Å². The second-order valence-electron chi connectivity index (χ2n) is 6.06. The van der Waals surface area contributed by atoms with Crippen LogP contribution in [0.15, 0.2) is 34.4 Å². The number of aryl methyl sites for hydroxylation is 1. The molecule has 2 aromatic rings. The molecular weight excluding hydrogens is 366 g/mol. The van der Waals surface area contributed by atoms with Crippen LogP contribution in [0.25, 0.3) is 0 Å². The van der Waals surface area contributed by atoms with Crippen LogP contribution in [0, 0.1) is 18.3 Å². The molecule has 3 rings (SSSR count). The molecule has 3 N–H and O–H groups in total. The van der Waals surface area contributed by atoms with Gasteiger partial charge in [0.25, 0.3) is 5.56 Å². The maximum atomic E-state index is 12.8. The van der Waals surface area contributed by atoms with E-state index >= 15 is 0 Å². The van der Waals surface area contributed by atoms with Crippen molar-refractivity contribution in [3.63, 3.8) is 0 Å². The molecule has 0 unspecified atom stereocenters. The van der Waals surface area contributed by atoms with Crippen molar-refractivity contribution >= 4 is 0 Å². The first-order valence-electron chi connectivity index (χ1n) is 8.21. The van der Waals surface area contributed by atoms with Crippen molar-refractivity contribution in [2.45, 2.75) is 12.8 Å². The number of methoxy groups -OCH3 is 3. The molecule has 146 valence electrons. The van der Waals surface area contributed by atoms with Gasteiger partial charge in [-0.05, 0) is 24.6 Å². The molecule has 2 heterocycles. The summed E-state index contributed by atoms with van der Waals surface area (Å²) in [6, 6.07) is 6.71. The molecule has 0 radical (unpaired) electrons. The fourth-order valence-electron chi connectivity index (χ4n) is 3.24. The van der Waals surface area contributed by atoms with Crippen LogP contribution in [-0.4, -0.2) is 31.3 Å². The van der Waals surface area contributed by atoms with Gasteiger partial charge in [-0.2, -0.15) is 9.99 Å². The van der Waals surface area contributed by atoms with Crippen LogP contribution in [0.5, 0.6) is 23.0 Å². The van der Waals surface area contributed by atoms with Crippen LogP contribution < -0.4 is 30.2 Å². The Balaban J connectivity index is 2.37. The fraction of sp³-hybridized carbons (Fsp3) is 0.263. The molecule has 1 aromatic carbocycles. The Labute approximate surface area is 160 Å². The minimum absolute atomic E-state index is 0.0303. The second-order valence-corrected chi connectivity index (χ2v) is 6.06. The SMILES string of the molecule is COc1cc([C@@H]2C(C#N)=C(N)Oc3cc(C)n(O)c(=O)c32)cc(OC)c1OC. The summed E-state index contributed by atoms with van der Waals surface area (Å²) >= 11 is 0. The van der Waals surface area contributed by atoms with Gasteiger partial charge in [-0.1, -0.05) is 0 Å². The lowest BCUT2D eigenvalue weighted by molar-refractivity contribution is 0.165. The number of hydrogen-bond donors (Lipinski definition) is 2. The molecule has 0 bridgehead atoms. The molecule has 0 aliphatic carbocycles. The third-order valence-corrected chi connectivity index (χ3v) is 4.57. The smallest absolute Gasteiger partial charge is 0.291 e. The highest BCUT2D eigenvalue weighted by Crippen LogP contribution is 2.46. The highest BCUT2D eigenvalue weighted by molar-refractivity contribution is 5.61. The van der Waals surface area contributed by atoms with E-state index in [1.54, 1.807) is 19.1 Å². The van der Waals surface area contributed by atoms with Gasteiger partial charge in [-0.15, -0.1) is 0 Å². The molecule has 9 heteroatoms. The average Bonchev–Trinajstić information content (AvgIpc) is 2.69. The zero-order valence-electron chi connectivity index (χ0n) is 15.8. The summed E-state index contributed by atoms with van der Waals surface area (Å²) < 4.78 is 22.0. The van der Waals surface area contributed by atoms with E-state index in [1.165, 1.54) is 27.4 Å². The largest absolute Gasteiger partial charge is 0.493 e. The highest BCUT2D eigenvalue weighted by Gasteiger charge is 2.35. The first-order chi connectivity index (χ1) is 13.4. The van der Waals surface area contributed by atoms with E-state index in [2.05, 4.69) is 0 Å². The summed E-state index contributed by atoms with van der Waals surface area (Å²) in [6.45, 7) is 1.54. The summed E-state index contributed by atoms with van der Waals surface area (Å²) in [4.78, 5) is 12.8. The Morgan fingerprint density at radius 3 is 2.29 bits per heavy atom. The Morgan fingerprint density at radius 2 is 1.79 bits per heavy atom. The van der Waals surface area contributed by atoms with Crippen molar-refractivity contribution in [2.75, 3.05) is 21.3 Å². The van der Waals surface area contributed by atoms with Crippen LogP contribution in [0.2, 0.25) is 0 Å². The molecule has 0 saturated carbocycles. The number of rotatable bonds is 4. The first kappa shape index (κ1) is 19.0. The Hall–Kier alpha value is -3.80. The lowest BCUT2D eigenvalue weighted by Gasteiger charge is -2.27. The summed E-state index contributed by atoms with van der Waals surface area (Å²) in [5.74, 6) is 0.203. The van der Waals surface area contributed by atoms with Gasteiger partial charge in [-0.25, -0.2) is 0 Å². The third kappa shape index (κ3) is 2.75. The van der Waals surface area contributed by atoms with Crippen LogP contribution >= 0.6 is 0 Å². The van der Waals surface area contributed by atoms with E-state index in [0.717, 1.165) is 0 Å². The molecule has 1 aliphatic heterocycles. The molecular formula is C19H19N3O6. The molecule has 0 spiro atoms. The lowest BCUT2D eigenvalue weighted by Crippen LogP contribution is -2.31. The first-order valence-corrected chi connectivity index (χ1v) is 8.21. The summed E-state index contributed by atoms with van der Waals surface area (Å²) in [7, 11) is 4.38. The Morgan fingerprint density at radius 1 is 1.18 bits per heavy atom. The van der Waals surface area contributed by atoms with E-state index in [0.29, 0.717) is 27.5 Å². The van der Waals surface area contributed by atoms with E-state index in [1.807, 2.05) is 6.07 Å². The number of nitrogens with two attached hydrogens (primary N) is 1. The maximum Gasteiger partial charge on any atom is 0.291 e. The van der Waals surface area contributed by atoms with Gasteiger partial charge in [0.2, 0.25) is 11.6 Å². The summed E-state index contributed by atoms with van der Waals surface area (Å²) in [5, 5.41) is 19.7. The van der Waals surface area contributed by atoms with Crippen molar-refractivity contribution in [1.82, 2.24) is 4.73 Å². The highest BCUT2D eigenvalue weighted by atomic mass is 16.5. The topological polar surface area (TPSA) is 129 Å². The standard InChI is InChI=1S/C19H19N3O6/c1-9-5-12-16(19(23)22(9)24)15(11(8-20)18(21)28-12)10-6-13(25-2)17(27-4)14(7-10)26-3/h5-7,15,24H,21H2,1-4H3/t15-/m1/s1. The molecule has 9 nitrogen and oxygen atoms in total. The molecule has 0 amide bonds. The molecule has 0 fully saturated rings. The van der Waals surface area contributed by atoms with Gasteiger partial charge in [0.1, 0.15) is 17.4 Å². The van der Waals surface area contributed by atoms with Crippen LogP contribution in [0.4, 0.5) is 0 Å². The van der Waals surface area contributed by atoms with E-state index in [9.17, 15) is 15.3 Å². The molecule has 0 saturated heterocycles. The Kier molecular flexibility index (Phi) is 4.79. The summed E-state index contributed by atoms with van der Waals surface area (Å²) in [6.07, 6.45) is 0. The predicted octanol–water partition coefficient (Wildman–Crippen LogP) is 1.64. The Bertz CT molecular complexity index is 1060. The number of nitriles is 1. The zero-order valence-corrected chi connectivity index (χ0v) is 15.8. The molecule has 1 aromatic heterocycles. The van der Waals surface area contributed by atoms with Crippen LogP contribution in [0.3, 0.4) is 0 Å². The zero-order chi connectivity index (χ0) is 20.6. The minimum atomic E-state index is -0.894. The number of benzene rings is 1. The molecule has 28 heavy (non-hydrogen) atoms. The number of nitrogens with zero attached hydrogens (tertiary/aromatic N) is 2. The van der Waals surface area contributed by atoms with Crippen molar-refractivity contribution in [1.29, 1.82) is 5.26 Å². The normalized spacial score (nSPS) is 15.3. The average molecular weight is 385 g/mol. The fourth-order valence-corrected chi connectivity index (χ4v) is 3.24. The minimum Gasteiger partial charge on any atom is -0.493 e. The van der Waals surface area contributed by atoms with Crippen molar-refractivity contribution < 1.29 is 24.2 Å². The third-order valence-electron chi connectivity index (χ3n) is 4.57. The van der Waals surface area contributed by atoms with Crippen LogP contribution in [0.1, 0.15) is 22.7 Å². The number of aromatic nitrogens is 1. The van der Waals surface area contributed by atoms with Crippen molar-refractivity contribution in [3.05, 3.63) is 56.8 Å². The number of fused-ring (bicyclic) bond motifs is 1. The van der Waals surface area contributed by atoms with Gasteiger partial charge < -0.3 is 29.9 Å². The predicted molar refractivity (Wildman–Crippen MR) is 98.0 cm³/mol. The number of hydrogen-bond acceptors (Lipinski definition) is 8. The van der Waals surface area contributed by atoms with E-state index in [-0.39, 0.29) is 28.5 Å². The van der Waals surface area contributed by atoms with E-state index < -0.39 is 11.5 Å². The van der Waals surface area contributed by atoms with Crippen LogP contribution in [-0.2, 0) is 0 Å². The maximum absolute atomic E-state index is 12.8. The van der Waals surface area contributed by atoms with Gasteiger partial charge in [0, 0.05) is 6.07 Å². The number of allylic oxidation sites excluding steroid dienone is 1. The van der Waals surface area contributed by atoms with E-state index in [4.69, 9.17) is 24.7 Å². The number of ether oxygens (including phenoxy) is 4. The van der Waals surface area contributed by atoms with Gasteiger partial charge in [0.15, 0.2) is 11.5 Å². The van der Waals surface area contributed by atoms with Crippen molar-refractivity contribution in [2.24, 2.45) is 5.73 Å². The van der Waals surface area contributed by atoms with Crippen molar-refractivity contribution in [3.8, 4) is 29.1 Å². The lowest BCUT2D eigenvalue weighted by atomic mass is 9.83. The molecule has 1 atom stereocenters. The van der Waals surface area contributed by atoms with Gasteiger partial charge >= 0.3 is 0 Å².